The van der Waals surface area contributed by atoms with E-state index in [0.29, 0.717) is 18.1 Å². The first-order chi connectivity index (χ1) is 1.91. The van der Waals surface area contributed by atoms with Crippen LogP contribution in [0.2, 0.25) is 13.1 Å². The van der Waals surface area contributed by atoms with Crippen LogP contribution in [0.25, 0.3) is 0 Å². The molecule has 0 fully saturated rings. The molecule has 0 N–H and O–H groups in total. The Morgan fingerprint density at radius 2 is 1.40 bits per heavy atom. The van der Waals surface area contributed by atoms with Gasteiger partial charge in [0.1, 0.15) is 0 Å². The van der Waals surface area contributed by atoms with Crippen molar-refractivity contribution in [3.05, 3.63) is 0 Å². The fraction of sp³-hybridized carbons (Fsp3) is 1.00. The van der Waals surface area contributed by atoms with Gasteiger partial charge in [0, 0.05) is 18.1 Å². The Hall–Kier alpha value is 1.43. The van der Waals surface area contributed by atoms with Crippen LogP contribution < -0.4 is 29.6 Å². The van der Waals surface area contributed by atoms with E-state index in [1.54, 1.807) is 0 Å². The molecule has 0 saturated heterocycles. The molecule has 0 aromatic rings. The van der Waals surface area contributed by atoms with Crippen LogP contribution in [0.1, 0.15) is 1.43 Å². The van der Waals surface area contributed by atoms with Gasteiger partial charge in [-0.15, -0.1) is 0 Å². The fourth-order valence-electron chi connectivity index (χ4n) is 0. The first kappa shape index (κ1) is 9.66. The number of rotatable bonds is 1. The molecule has 0 bridgehead atoms. The Bertz CT molecular complexity index is 13.5. The Morgan fingerprint density at radius 3 is 1.40 bits per heavy atom. The Labute approximate surface area is 61.9 Å². The maximum absolute atomic E-state index is 2.38. The van der Waals surface area contributed by atoms with E-state index in [4.69, 9.17) is 0 Å². The minimum atomic E-state index is 0. The molecule has 0 amide bonds. The molecule has 28 valence electrons. The molecule has 0 radical (unpaired) electrons. The van der Waals surface area contributed by atoms with Crippen molar-refractivity contribution in [1.29, 1.82) is 0 Å². The molecule has 0 atom stereocenters. The molecule has 0 unspecified atom stereocenters. The molecule has 0 aliphatic rings. The van der Waals surface area contributed by atoms with Crippen LogP contribution in [-0.2, 0) is 0 Å². The van der Waals surface area contributed by atoms with Crippen molar-refractivity contribution < 1.29 is 31.0 Å². The summed E-state index contributed by atoms with van der Waals surface area (Å²) in [6, 6.07) is 0. The maximum atomic E-state index is 2.38. The number of hydrogen-bond donors (Lipinski definition) is 0. The second-order valence-corrected chi connectivity index (χ2v) is 9.00. The monoisotopic (exact) mass is 114 g/mol. The molecule has 0 heterocycles. The summed E-state index contributed by atoms with van der Waals surface area (Å²) in [7, 11) is 1.13. The summed E-state index contributed by atoms with van der Waals surface area (Å²) >= 11 is 0. The average Bonchev–Trinajstić information content (AvgIpc) is 1.37. The molecule has 0 saturated carbocycles. The SMILES string of the molecule is C[SiH2][SiH2]C.[H-].[Na+]. The molecule has 0 aliphatic heterocycles. The van der Waals surface area contributed by atoms with E-state index in [2.05, 4.69) is 13.1 Å². The normalized spacial score (nSPS) is 10.8. The topological polar surface area (TPSA) is 0 Å². The van der Waals surface area contributed by atoms with Gasteiger partial charge in [-0.3, -0.25) is 0 Å². The summed E-state index contributed by atoms with van der Waals surface area (Å²) in [5, 5.41) is 0. The van der Waals surface area contributed by atoms with Crippen LogP contribution in [0.15, 0.2) is 0 Å². The van der Waals surface area contributed by atoms with Crippen LogP contribution in [-0.4, -0.2) is 18.1 Å². The predicted molar refractivity (Wildman–Crippen MR) is 29.9 cm³/mol. The van der Waals surface area contributed by atoms with Gasteiger partial charge in [-0.1, -0.05) is 13.1 Å². The molecule has 0 aliphatic carbocycles. The smallest absolute Gasteiger partial charge is 1.00 e. The largest absolute Gasteiger partial charge is 1.00 e. The van der Waals surface area contributed by atoms with Crippen molar-refractivity contribution in [2.45, 2.75) is 13.1 Å². The van der Waals surface area contributed by atoms with Gasteiger partial charge in [0.05, 0.1) is 0 Å². The molecule has 0 rings (SSSR count). The van der Waals surface area contributed by atoms with Gasteiger partial charge in [-0.2, -0.15) is 0 Å². The van der Waals surface area contributed by atoms with Crippen LogP contribution >= 0.6 is 0 Å². The quantitative estimate of drug-likeness (QED) is 0.310. The minimum absolute atomic E-state index is 0. The second kappa shape index (κ2) is 9.06. The van der Waals surface area contributed by atoms with Gasteiger partial charge in [-0.25, -0.2) is 0 Å². The molecule has 3 heteroatoms. The zero-order chi connectivity index (χ0) is 3.41. The van der Waals surface area contributed by atoms with E-state index in [1.807, 2.05) is 0 Å². The zero-order valence-corrected chi connectivity index (χ0v) is 9.24. The Kier molecular flexibility index (Phi) is 17.5. The maximum Gasteiger partial charge on any atom is 1.00 e. The molecule has 0 aromatic carbocycles. The molecule has 0 aromatic heterocycles. The van der Waals surface area contributed by atoms with Crippen molar-refractivity contribution in [3.8, 4) is 0 Å². The summed E-state index contributed by atoms with van der Waals surface area (Å²) in [6.45, 7) is 4.76. The standard InChI is InChI=1S/C2H10Si2.Na.H/c1-3-4-2;;/h3-4H2,1-2H3;;/q;+1;-1. The Balaban J connectivity index is -0.0000000450. The van der Waals surface area contributed by atoms with Crippen LogP contribution in [0.5, 0.6) is 0 Å². The minimum Gasteiger partial charge on any atom is -1.00 e. The molecular weight excluding hydrogens is 103 g/mol. The van der Waals surface area contributed by atoms with Crippen LogP contribution in [0, 0.1) is 0 Å². The summed E-state index contributed by atoms with van der Waals surface area (Å²) in [5.41, 5.74) is 0. The van der Waals surface area contributed by atoms with E-state index in [0.717, 1.165) is 0 Å². The van der Waals surface area contributed by atoms with Crippen molar-refractivity contribution in [2.24, 2.45) is 0 Å². The van der Waals surface area contributed by atoms with E-state index in [1.165, 1.54) is 0 Å². The van der Waals surface area contributed by atoms with E-state index < -0.39 is 0 Å². The Morgan fingerprint density at radius 1 is 1.20 bits per heavy atom. The second-order valence-electron chi connectivity index (χ2n) is 1.000. The summed E-state index contributed by atoms with van der Waals surface area (Å²) in [6.07, 6.45) is 0. The average molecular weight is 114 g/mol. The van der Waals surface area contributed by atoms with E-state index in [-0.39, 0.29) is 31.0 Å². The van der Waals surface area contributed by atoms with Crippen molar-refractivity contribution in [2.75, 3.05) is 0 Å². The first-order valence-corrected chi connectivity index (χ1v) is 8.74. The third kappa shape index (κ3) is 10.8. The fourth-order valence-corrected chi connectivity index (χ4v) is 0. The van der Waals surface area contributed by atoms with Crippen molar-refractivity contribution >= 4 is 18.1 Å². The van der Waals surface area contributed by atoms with Crippen molar-refractivity contribution in [1.82, 2.24) is 0 Å². The van der Waals surface area contributed by atoms with Gasteiger partial charge in [0.2, 0.25) is 0 Å². The summed E-state index contributed by atoms with van der Waals surface area (Å²) in [4.78, 5) is 0. The molecule has 0 spiro atoms. The van der Waals surface area contributed by atoms with Gasteiger partial charge < -0.3 is 1.43 Å². The van der Waals surface area contributed by atoms with E-state index in [9.17, 15) is 0 Å². The van der Waals surface area contributed by atoms with Gasteiger partial charge in [-0.05, 0) is 0 Å². The van der Waals surface area contributed by atoms with E-state index >= 15 is 0 Å². The molecular formula is C2H11NaSi2. The van der Waals surface area contributed by atoms with Gasteiger partial charge >= 0.3 is 29.6 Å². The van der Waals surface area contributed by atoms with Crippen molar-refractivity contribution in [3.63, 3.8) is 0 Å². The number of hydrogen-bond acceptors (Lipinski definition) is 0. The molecule has 5 heavy (non-hydrogen) atoms. The van der Waals surface area contributed by atoms with Crippen LogP contribution in [0.3, 0.4) is 0 Å². The predicted octanol–water partition coefficient (Wildman–Crippen LogP) is -3.55. The first-order valence-electron chi connectivity index (χ1n) is 1.91. The zero-order valence-electron chi connectivity index (χ0n) is 5.41. The summed E-state index contributed by atoms with van der Waals surface area (Å²) < 4.78 is 0. The third-order valence-corrected chi connectivity index (χ3v) is 4.50. The van der Waals surface area contributed by atoms with Crippen LogP contribution in [0.4, 0.5) is 0 Å². The molecule has 0 nitrogen and oxygen atoms in total. The van der Waals surface area contributed by atoms with Gasteiger partial charge in [0.15, 0.2) is 0 Å². The third-order valence-electron chi connectivity index (χ3n) is 0.500. The van der Waals surface area contributed by atoms with Gasteiger partial charge in [0.25, 0.3) is 0 Å². The summed E-state index contributed by atoms with van der Waals surface area (Å²) in [5.74, 6) is 0.